The molecule has 0 unspecified atom stereocenters. The molecule has 0 bridgehead atoms. The molecule has 4 heteroatoms. The van der Waals surface area contributed by atoms with Crippen molar-refractivity contribution in [2.45, 2.75) is 0 Å². The molecule has 23 heavy (non-hydrogen) atoms. The summed E-state index contributed by atoms with van der Waals surface area (Å²) in [5, 5.41) is 10.8. The predicted molar refractivity (Wildman–Crippen MR) is 95.9 cm³/mol. The highest BCUT2D eigenvalue weighted by molar-refractivity contribution is 6.31. The lowest BCUT2D eigenvalue weighted by atomic mass is 10.1. The number of nitriles is 1. The van der Waals surface area contributed by atoms with Crippen LogP contribution in [0.3, 0.4) is 0 Å². The summed E-state index contributed by atoms with van der Waals surface area (Å²) in [4.78, 5) is 2.01. The fraction of sp³-hybridized carbons (Fsp3) is 0. The van der Waals surface area contributed by atoms with Crippen molar-refractivity contribution in [3.63, 3.8) is 0 Å². The van der Waals surface area contributed by atoms with Crippen LogP contribution in [0.4, 0.5) is 17.1 Å². The van der Waals surface area contributed by atoms with Gasteiger partial charge in [0.2, 0.25) is 0 Å². The van der Waals surface area contributed by atoms with E-state index in [4.69, 9.17) is 23.2 Å². The third kappa shape index (κ3) is 3.32. The van der Waals surface area contributed by atoms with Gasteiger partial charge in [-0.1, -0.05) is 35.3 Å². The molecule has 2 nitrogen and oxygen atoms in total. The largest absolute Gasteiger partial charge is 0.309 e. The number of para-hydroxylation sites is 1. The van der Waals surface area contributed by atoms with E-state index in [1.165, 1.54) is 0 Å². The van der Waals surface area contributed by atoms with Crippen molar-refractivity contribution in [2.24, 2.45) is 0 Å². The van der Waals surface area contributed by atoms with Crippen molar-refractivity contribution >= 4 is 40.3 Å². The Morgan fingerprint density at radius 1 is 0.696 bits per heavy atom. The maximum atomic E-state index is 9.43. The van der Waals surface area contributed by atoms with E-state index in [-0.39, 0.29) is 0 Å². The molecule has 0 heterocycles. The number of benzene rings is 3. The van der Waals surface area contributed by atoms with Crippen LogP contribution in [0.15, 0.2) is 72.8 Å². The molecule has 0 atom stereocenters. The Labute approximate surface area is 145 Å². The van der Waals surface area contributed by atoms with Gasteiger partial charge >= 0.3 is 0 Å². The van der Waals surface area contributed by atoms with Crippen LogP contribution >= 0.6 is 23.2 Å². The highest BCUT2D eigenvalue weighted by Crippen LogP contribution is 2.37. The van der Waals surface area contributed by atoms with Crippen molar-refractivity contribution in [3.8, 4) is 6.07 Å². The van der Waals surface area contributed by atoms with Crippen LogP contribution in [0.5, 0.6) is 0 Å². The van der Waals surface area contributed by atoms with E-state index in [2.05, 4.69) is 6.07 Å². The molecule has 0 radical (unpaired) electrons. The minimum absolute atomic E-state index is 0.595. The molecule has 3 rings (SSSR count). The SMILES string of the molecule is N#Cc1ccccc1N(c1ccc(Cl)cc1)c1ccc(Cl)cc1. The molecule has 0 aliphatic carbocycles. The van der Waals surface area contributed by atoms with Crippen LogP contribution in [0, 0.1) is 11.3 Å². The first-order valence-electron chi connectivity index (χ1n) is 6.99. The van der Waals surface area contributed by atoms with Gasteiger partial charge in [0.1, 0.15) is 6.07 Å². The van der Waals surface area contributed by atoms with Crippen molar-refractivity contribution in [1.82, 2.24) is 0 Å². The smallest absolute Gasteiger partial charge is 0.101 e. The molecule has 0 saturated carbocycles. The second-order valence-electron chi connectivity index (χ2n) is 4.92. The lowest BCUT2D eigenvalue weighted by Gasteiger charge is -2.26. The summed E-state index contributed by atoms with van der Waals surface area (Å²) in [6, 6.07) is 24.7. The first kappa shape index (κ1) is 15.4. The van der Waals surface area contributed by atoms with E-state index in [1.807, 2.05) is 71.6 Å². The van der Waals surface area contributed by atoms with Crippen molar-refractivity contribution in [1.29, 1.82) is 5.26 Å². The number of hydrogen-bond donors (Lipinski definition) is 0. The van der Waals surface area contributed by atoms with Crippen molar-refractivity contribution in [2.75, 3.05) is 4.90 Å². The Morgan fingerprint density at radius 3 is 1.65 bits per heavy atom. The Morgan fingerprint density at radius 2 is 1.17 bits per heavy atom. The average Bonchev–Trinajstić information content (AvgIpc) is 2.59. The summed E-state index contributed by atoms with van der Waals surface area (Å²) >= 11 is 12.0. The zero-order valence-electron chi connectivity index (χ0n) is 12.1. The van der Waals surface area contributed by atoms with Gasteiger partial charge in [-0.15, -0.1) is 0 Å². The van der Waals surface area contributed by atoms with E-state index >= 15 is 0 Å². The maximum Gasteiger partial charge on any atom is 0.101 e. The van der Waals surface area contributed by atoms with E-state index in [1.54, 1.807) is 6.07 Å². The van der Waals surface area contributed by atoms with Crippen LogP contribution in [-0.2, 0) is 0 Å². The van der Waals surface area contributed by atoms with Crippen molar-refractivity contribution < 1.29 is 0 Å². The van der Waals surface area contributed by atoms with Crippen LogP contribution in [-0.4, -0.2) is 0 Å². The summed E-state index contributed by atoms with van der Waals surface area (Å²) in [7, 11) is 0. The molecule has 112 valence electrons. The fourth-order valence-corrected chi connectivity index (χ4v) is 2.62. The second-order valence-corrected chi connectivity index (χ2v) is 5.79. The number of nitrogens with zero attached hydrogens (tertiary/aromatic N) is 2. The Balaban J connectivity index is 2.19. The van der Waals surface area contributed by atoms with E-state index in [9.17, 15) is 5.26 Å². The highest BCUT2D eigenvalue weighted by Gasteiger charge is 2.15. The molecule has 0 aliphatic heterocycles. The van der Waals surface area contributed by atoms with Gasteiger partial charge in [-0.05, 0) is 60.7 Å². The van der Waals surface area contributed by atoms with Gasteiger partial charge in [0.05, 0.1) is 11.3 Å². The van der Waals surface area contributed by atoms with Gasteiger partial charge in [0.25, 0.3) is 0 Å². The molecule has 0 saturated heterocycles. The monoisotopic (exact) mass is 338 g/mol. The van der Waals surface area contributed by atoms with Crippen LogP contribution in [0.2, 0.25) is 10.0 Å². The third-order valence-electron chi connectivity index (χ3n) is 3.44. The van der Waals surface area contributed by atoms with Crippen molar-refractivity contribution in [3.05, 3.63) is 88.4 Å². The van der Waals surface area contributed by atoms with Gasteiger partial charge in [-0.2, -0.15) is 5.26 Å². The fourth-order valence-electron chi connectivity index (χ4n) is 2.37. The quantitative estimate of drug-likeness (QED) is 0.557. The number of hydrogen-bond acceptors (Lipinski definition) is 2. The Kier molecular flexibility index (Phi) is 4.52. The molecule has 0 fully saturated rings. The molecule has 3 aromatic rings. The zero-order valence-corrected chi connectivity index (χ0v) is 13.6. The molecular weight excluding hydrogens is 327 g/mol. The lowest BCUT2D eigenvalue weighted by Crippen LogP contribution is -2.11. The Hall–Kier alpha value is -2.47. The summed E-state index contributed by atoms with van der Waals surface area (Å²) in [5.74, 6) is 0. The van der Waals surface area contributed by atoms with Gasteiger partial charge in [-0.25, -0.2) is 0 Å². The number of rotatable bonds is 3. The first-order chi connectivity index (χ1) is 11.2. The van der Waals surface area contributed by atoms with Gasteiger partial charge < -0.3 is 4.90 Å². The van der Waals surface area contributed by atoms with E-state index in [0.29, 0.717) is 15.6 Å². The second kappa shape index (κ2) is 6.75. The summed E-state index contributed by atoms with van der Waals surface area (Å²) in [6.45, 7) is 0. The summed E-state index contributed by atoms with van der Waals surface area (Å²) in [6.07, 6.45) is 0. The topological polar surface area (TPSA) is 27.0 Å². The normalized spacial score (nSPS) is 10.1. The molecule has 0 spiro atoms. The molecule has 0 N–H and O–H groups in total. The summed E-state index contributed by atoms with van der Waals surface area (Å²) < 4.78 is 0. The molecular formula is C19H12Cl2N2. The third-order valence-corrected chi connectivity index (χ3v) is 3.94. The highest BCUT2D eigenvalue weighted by atomic mass is 35.5. The van der Waals surface area contributed by atoms with Crippen LogP contribution in [0.1, 0.15) is 5.56 Å². The maximum absolute atomic E-state index is 9.43. The number of halogens is 2. The predicted octanol–water partition coefficient (Wildman–Crippen LogP) is 6.33. The van der Waals surface area contributed by atoms with Crippen LogP contribution < -0.4 is 4.90 Å². The summed E-state index contributed by atoms with van der Waals surface area (Å²) in [5.41, 5.74) is 3.23. The van der Waals surface area contributed by atoms with Gasteiger partial charge in [0, 0.05) is 21.4 Å². The van der Waals surface area contributed by atoms with Gasteiger partial charge in [0.15, 0.2) is 0 Å². The van der Waals surface area contributed by atoms with Crippen LogP contribution in [0.25, 0.3) is 0 Å². The first-order valence-corrected chi connectivity index (χ1v) is 7.75. The molecule has 0 aromatic heterocycles. The minimum Gasteiger partial charge on any atom is -0.309 e. The standard InChI is InChI=1S/C19H12Cl2N2/c20-15-5-9-17(10-6-15)23(18-11-7-16(21)8-12-18)19-4-2-1-3-14(19)13-22/h1-12H. The lowest BCUT2D eigenvalue weighted by molar-refractivity contribution is 1.27. The number of anilines is 3. The Bertz CT molecular complexity index is 804. The molecule has 3 aromatic carbocycles. The van der Waals surface area contributed by atoms with E-state index < -0.39 is 0 Å². The minimum atomic E-state index is 0.595. The molecule has 0 aliphatic rings. The average molecular weight is 339 g/mol. The molecule has 0 amide bonds. The van der Waals surface area contributed by atoms with Gasteiger partial charge in [-0.3, -0.25) is 0 Å². The van der Waals surface area contributed by atoms with E-state index in [0.717, 1.165) is 17.1 Å². The zero-order chi connectivity index (χ0) is 16.2.